The molecule has 0 radical (unpaired) electrons. The number of Topliss-reactive ketones (excluding diaryl/α,β-unsaturated/α-hetero) is 1. The number of halogens is 1. The van der Waals surface area contributed by atoms with Crippen LogP contribution in [0.2, 0.25) is 0 Å². The Morgan fingerprint density at radius 1 is 1.31 bits per heavy atom. The molecule has 2 atom stereocenters. The third-order valence-electron chi connectivity index (χ3n) is 6.80. The van der Waals surface area contributed by atoms with Crippen molar-refractivity contribution in [3.8, 4) is 0 Å². The van der Waals surface area contributed by atoms with Crippen LogP contribution < -0.4 is 10.2 Å². The van der Waals surface area contributed by atoms with Gasteiger partial charge in [0.15, 0.2) is 11.6 Å². The van der Waals surface area contributed by atoms with Gasteiger partial charge in [0.1, 0.15) is 11.4 Å². The molecule has 2 N–H and O–H groups in total. The molecule has 5 heterocycles. The van der Waals surface area contributed by atoms with E-state index in [1.165, 1.54) is 30.7 Å². The number of carbonyl (C=O) groups is 1. The van der Waals surface area contributed by atoms with Gasteiger partial charge in [0.25, 0.3) is 0 Å². The van der Waals surface area contributed by atoms with Crippen LogP contribution in [-0.2, 0) is 11.2 Å². The highest BCUT2D eigenvalue weighted by Crippen LogP contribution is 2.38. The number of aliphatic hydroxyl groups is 1. The fourth-order valence-electron chi connectivity index (χ4n) is 4.87. The molecular formula is C25H26FN7O2. The van der Waals surface area contributed by atoms with Gasteiger partial charge in [-0.2, -0.15) is 9.37 Å². The van der Waals surface area contributed by atoms with Crippen molar-refractivity contribution in [3.63, 3.8) is 0 Å². The Hall–Kier alpha value is -3.66. The molecule has 0 amide bonds. The third kappa shape index (κ3) is 4.41. The zero-order valence-electron chi connectivity index (χ0n) is 19.4. The van der Waals surface area contributed by atoms with Gasteiger partial charge in [0.05, 0.1) is 24.7 Å². The molecular weight excluding hydrogens is 449 g/mol. The van der Waals surface area contributed by atoms with Crippen LogP contribution in [0, 0.1) is 11.9 Å². The van der Waals surface area contributed by atoms with Gasteiger partial charge >= 0.3 is 0 Å². The fourth-order valence-corrected chi connectivity index (χ4v) is 4.87. The molecule has 2 aliphatic heterocycles. The SMILES string of the molecule is C[C@]1(O)C[C@@H](C(=O)Cc2ccc(F)nc2)N(c2nc(NC3=NCC(C4CC4)=C3)c3cccn3n2)C1. The molecule has 3 aromatic rings. The molecule has 2 fully saturated rings. The van der Waals surface area contributed by atoms with Gasteiger partial charge in [-0.15, -0.1) is 5.10 Å². The molecule has 0 unspecified atom stereocenters. The first-order valence-corrected chi connectivity index (χ1v) is 11.8. The highest BCUT2D eigenvalue weighted by molar-refractivity contribution is 6.07. The van der Waals surface area contributed by atoms with E-state index in [1.807, 2.05) is 18.3 Å². The highest BCUT2D eigenvalue weighted by atomic mass is 19.1. The lowest BCUT2D eigenvalue weighted by atomic mass is 9.98. The molecule has 1 aliphatic carbocycles. The summed E-state index contributed by atoms with van der Waals surface area (Å²) in [5, 5.41) is 18.8. The lowest BCUT2D eigenvalue weighted by Crippen LogP contribution is -2.39. The Kier molecular flexibility index (Phi) is 5.14. The first kappa shape index (κ1) is 21.8. The van der Waals surface area contributed by atoms with Crippen molar-refractivity contribution < 1.29 is 14.3 Å². The maximum absolute atomic E-state index is 13.3. The molecule has 3 aromatic heterocycles. The third-order valence-corrected chi connectivity index (χ3v) is 6.80. The van der Waals surface area contributed by atoms with Crippen LogP contribution >= 0.6 is 0 Å². The second-order valence-electron chi connectivity index (χ2n) is 9.90. The molecule has 0 aromatic carbocycles. The van der Waals surface area contributed by atoms with E-state index in [1.54, 1.807) is 22.4 Å². The van der Waals surface area contributed by atoms with E-state index < -0.39 is 17.6 Å². The summed E-state index contributed by atoms with van der Waals surface area (Å²) in [5.41, 5.74) is 1.67. The molecule has 6 rings (SSSR count). The molecule has 1 saturated carbocycles. The van der Waals surface area contributed by atoms with E-state index in [4.69, 9.17) is 4.98 Å². The summed E-state index contributed by atoms with van der Waals surface area (Å²) in [6.07, 6.45) is 8.07. The van der Waals surface area contributed by atoms with Gasteiger partial charge in [0.2, 0.25) is 11.9 Å². The Morgan fingerprint density at radius 3 is 2.94 bits per heavy atom. The topological polar surface area (TPSA) is 108 Å². The second kappa shape index (κ2) is 8.23. The first-order valence-electron chi connectivity index (χ1n) is 11.8. The highest BCUT2D eigenvalue weighted by Gasteiger charge is 2.44. The number of nitrogens with one attached hydrogen (secondary N) is 1. The van der Waals surface area contributed by atoms with Gasteiger partial charge in [0, 0.05) is 25.2 Å². The number of hydrogen-bond acceptors (Lipinski definition) is 8. The predicted octanol–water partition coefficient (Wildman–Crippen LogP) is 2.57. The van der Waals surface area contributed by atoms with Crippen LogP contribution in [0.5, 0.6) is 0 Å². The molecule has 0 spiro atoms. The number of nitrogens with zero attached hydrogens (tertiary/aromatic N) is 6. The maximum atomic E-state index is 13.3. The number of fused-ring (bicyclic) bond motifs is 1. The number of aromatic nitrogens is 4. The molecule has 10 heteroatoms. The number of pyridine rings is 1. The Balaban J connectivity index is 1.30. The maximum Gasteiger partial charge on any atom is 0.246 e. The van der Waals surface area contributed by atoms with Gasteiger partial charge in [-0.3, -0.25) is 9.79 Å². The molecule has 0 bridgehead atoms. The van der Waals surface area contributed by atoms with Crippen LogP contribution in [0.15, 0.2) is 53.3 Å². The minimum atomic E-state index is -1.08. The molecule has 9 nitrogen and oxygen atoms in total. The van der Waals surface area contributed by atoms with Gasteiger partial charge < -0.3 is 15.3 Å². The largest absolute Gasteiger partial charge is 0.388 e. The van der Waals surface area contributed by atoms with E-state index in [0.29, 0.717) is 29.8 Å². The van der Waals surface area contributed by atoms with Crippen LogP contribution in [0.25, 0.3) is 5.52 Å². The smallest absolute Gasteiger partial charge is 0.246 e. The van der Waals surface area contributed by atoms with Crippen molar-refractivity contribution in [1.82, 2.24) is 19.6 Å². The first-order chi connectivity index (χ1) is 16.8. The van der Waals surface area contributed by atoms with Crippen molar-refractivity contribution >= 4 is 28.9 Å². The normalized spacial score (nSPS) is 24.1. The fraction of sp³-hybridized carbons (Fsp3) is 0.400. The van der Waals surface area contributed by atoms with Gasteiger partial charge in [-0.25, -0.2) is 9.50 Å². The number of hydrogen-bond donors (Lipinski definition) is 2. The number of ketones is 1. The number of anilines is 2. The number of carbonyl (C=O) groups excluding carboxylic acids is 1. The number of aliphatic imine (C=N–C) groups is 1. The summed E-state index contributed by atoms with van der Waals surface area (Å²) in [6.45, 7) is 2.63. The lowest BCUT2D eigenvalue weighted by molar-refractivity contribution is -0.120. The van der Waals surface area contributed by atoms with Crippen molar-refractivity contribution in [2.45, 2.75) is 44.2 Å². The quantitative estimate of drug-likeness (QED) is 0.528. The number of β-amino-alcohol motifs (C(OH)–C–C–N with tert-alkyl or cyclic N) is 1. The summed E-state index contributed by atoms with van der Waals surface area (Å²) in [4.78, 5) is 28.1. The van der Waals surface area contributed by atoms with Gasteiger partial charge in [-0.1, -0.05) is 6.07 Å². The summed E-state index contributed by atoms with van der Waals surface area (Å²) in [5.74, 6) is 1.65. The average Bonchev–Trinajstić information content (AvgIpc) is 3.22. The standard InChI is InChI=1S/C25H26FN7O2/c1-25(35)11-19(20(34)9-15-4-7-21(26)27-12-15)32(14-25)24-30-23(18-3-2-8-33(18)31-24)29-22-10-17(13-28-22)16-5-6-16/h2-4,7-8,10,12,16,19,35H,5-6,9,11,13-14H2,1H3,(H,28,29,30,31)/t19-,25-/m0/s1. The zero-order chi connectivity index (χ0) is 24.2. The van der Waals surface area contributed by atoms with Crippen molar-refractivity contribution in [1.29, 1.82) is 0 Å². The van der Waals surface area contributed by atoms with Crippen LogP contribution in [0.3, 0.4) is 0 Å². The van der Waals surface area contributed by atoms with E-state index in [-0.39, 0.29) is 25.2 Å². The van der Waals surface area contributed by atoms with Crippen LogP contribution in [0.1, 0.15) is 31.7 Å². The molecule has 35 heavy (non-hydrogen) atoms. The predicted molar refractivity (Wildman–Crippen MR) is 129 cm³/mol. The average molecular weight is 476 g/mol. The molecule has 1 saturated heterocycles. The number of amidine groups is 1. The zero-order valence-corrected chi connectivity index (χ0v) is 19.4. The lowest BCUT2D eigenvalue weighted by Gasteiger charge is -2.24. The van der Waals surface area contributed by atoms with Crippen molar-refractivity contribution in [3.05, 3.63) is 59.8 Å². The van der Waals surface area contributed by atoms with Crippen molar-refractivity contribution in [2.75, 3.05) is 23.3 Å². The second-order valence-corrected chi connectivity index (χ2v) is 9.90. The Bertz CT molecular complexity index is 1360. The summed E-state index contributed by atoms with van der Waals surface area (Å²) >= 11 is 0. The van der Waals surface area contributed by atoms with E-state index in [0.717, 1.165) is 11.4 Å². The van der Waals surface area contributed by atoms with E-state index in [2.05, 4.69) is 26.5 Å². The number of rotatable bonds is 6. The van der Waals surface area contributed by atoms with Crippen LogP contribution in [-0.4, -0.2) is 61.0 Å². The van der Waals surface area contributed by atoms with Gasteiger partial charge in [-0.05, 0) is 61.1 Å². The van der Waals surface area contributed by atoms with Crippen molar-refractivity contribution in [2.24, 2.45) is 10.9 Å². The Labute approximate surface area is 201 Å². The summed E-state index contributed by atoms with van der Waals surface area (Å²) < 4.78 is 14.9. The van der Waals surface area contributed by atoms with E-state index >= 15 is 0 Å². The monoisotopic (exact) mass is 475 g/mol. The summed E-state index contributed by atoms with van der Waals surface area (Å²) in [7, 11) is 0. The summed E-state index contributed by atoms with van der Waals surface area (Å²) in [6, 6.07) is 5.96. The van der Waals surface area contributed by atoms with E-state index in [9.17, 15) is 14.3 Å². The molecule has 180 valence electrons. The minimum Gasteiger partial charge on any atom is -0.388 e. The van der Waals surface area contributed by atoms with Crippen LogP contribution in [0.4, 0.5) is 16.2 Å². The molecule has 3 aliphatic rings. The Morgan fingerprint density at radius 2 is 2.17 bits per heavy atom. The minimum absolute atomic E-state index is 0.0763.